The second-order valence-electron chi connectivity index (χ2n) is 18.2. The van der Waals surface area contributed by atoms with Crippen molar-refractivity contribution in [3.05, 3.63) is 141 Å². The Hall–Kier alpha value is -6.29. The highest BCUT2D eigenvalue weighted by atomic mass is 35.5. The first-order valence-corrected chi connectivity index (χ1v) is 33.2. The second kappa shape index (κ2) is 26.1. The van der Waals surface area contributed by atoms with Gasteiger partial charge in [0.05, 0.1) is 61.5 Å². The lowest BCUT2D eigenvalue weighted by atomic mass is 10.1. The molecule has 4 aromatic carbocycles. The molecule has 1 aliphatic rings. The van der Waals surface area contributed by atoms with E-state index in [1.54, 1.807) is 44.2 Å². The summed E-state index contributed by atoms with van der Waals surface area (Å²) in [6.07, 6.45) is 11.6. The van der Waals surface area contributed by atoms with Crippen molar-refractivity contribution < 1.29 is 44.4 Å². The van der Waals surface area contributed by atoms with E-state index in [0.29, 0.717) is 49.2 Å². The van der Waals surface area contributed by atoms with Crippen LogP contribution in [0.2, 0.25) is 15.1 Å². The number of benzene rings is 4. The fourth-order valence-electron chi connectivity index (χ4n) is 8.03. The Bertz CT molecular complexity index is 3920. The number of amides is 3. The lowest BCUT2D eigenvalue weighted by Crippen LogP contribution is -2.46. The van der Waals surface area contributed by atoms with Crippen molar-refractivity contribution in [2.24, 2.45) is 0 Å². The summed E-state index contributed by atoms with van der Waals surface area (Å²) in [6, 6.07) is 22.0. The number of hydrogen-bond acceptors (Lipinski definition) is 18. The standard InChI is InChI=1S/C26H28ClN3O5S2.C15H13ClN4O3S2.C11H11ClN2O2S2/c1-16-23(18-12-13-20(27)22(15-18)37(2,33)34)36-26(28-16)30-25(32)29-21(14-17-8-4-3-5-9-17)24(31)35-19-10-6-7-11-19;1-9-13(10-3-4-11(16)12(7-10)25(2,22)23)24-14(18-9)19-15(21)20-6-5-17-8-20;1-6-10(17-11(13)14-6)7-3-4-8(12)9(5-7)18(2,15)16/h3-5,8-9,12-13,15,19,21H,6-7,10-11,14H2,1-2H3,(H2,28,29,30,32);3-8H,1-2H3,(H,18,19,21);3-5H,1-2H3,(H2,13,14)/t21-;;/m0../s1. The van der Waals surface area contributed by atoms with Gasteiger partial charge in [-0.3, -0.25) is 15.2 Å². The zero-order chi connectivity index (χ0) is 58.3. The van der Waals surface area contributed by atoms with Gasteiger partial charge >= 0.3 is 18.0 Å². The van der Waals surface area contributed by atoms with Crippen LogP contribution in [0.5, 0.6) is 0 Å². The monoisotopic (exact) mass is 1260 g/mol. The third kappa shape index (κ3) is 16.2. The molecule has 1 aliphatic carbocycles. The first-order valence-electron chi connectivity index (χ1n) is 23.9. The number of nitrogen functional groups attached to an aromatic ring is 1. The lowest BCUT2D eigenvalue weighted by Gasteiger charge is -2.20. The molecule has 3 amide bonds. The van der Waals surface area contributed by atoms with Crippen molar-refractivity contribution in [3.63, 3.8) is 0 Å². The first kappa shape index (κ1) is 61.3. The molecule has 422 valence electrons. The van der Waals surface area contributed by atoms with Crippen molar-refractivity contribution in [2.45, 2.75) is 79.7 Å². The molecule has 0 saturated heterocycles. The maximum absolute atomic E-state index is 12.9. The Morgan fingerprint density at radius 3 is 1.54 bits per heavy atom. The van der Waals surface area contributed by atoms with Gasteiger partial charge in [0.2, 0.25) is 0 Å². The molecule has 0 unspecified atom stereocenters. The summed E-state index contributed by atoms with van der Waals surface area (Å²) in [5, 5.41) is 9.81. The van der Waals surface area contributed by atoms with Gasteiger partial charge in [-0.25, -0.2) is 59.6 Å². The van der Waals surface area contributed by atoms with Crippen LogP contribution in [0.1, 0.15) is 48.3 Å². The molecule has 1 fully saturated rings. The van der Waals surface area contributed by atoms with E-state index >= 15 is 0 Å². The quantitative estimate of drug-likeness (QED) is 0.0781. The summed E-state index contributed by atoms with van der Waals surface area (Å²) >= 11 is 21.7. The van der Waals surface area contributed by atoms with Crippen LogP contribution in [-0.4, -0.2) is 98.7 Å². The van der Waals surface area contributed by atoms with Crippen LogP contribution in [0.4, 0.5) is 25.0 Å². The van der Waals surface area contributed by atoms with Gasteiger partial charge in [0.15, 0.2) is 44.9 Å². The van der Waals surface area contributed by atoms with Crippen LogP contribution in [-0.2, 0) is 45.5 Å². The highest BCUT2D eigenvalue weighted by Gasteiger charge is 2.28. The van der Waals surface area contributed by atoms with Gasteiger partial charge in [-0.1, -0.05) is 117 Å². The molecular formula is C52H52Cl3N9O10S6. The first-order chi connectivity index (χ1) is 37.6. The van der Waals surface area contributed by atoms with E-state index in [9.17, 15) is 39.6 Å². The van der Waals surface area contributed by atoms with Crippen LogP contribution in [0.3, 0.4) is 0 Å². The fourth-order valence-corrected chi connectivity index (χ4v) is 14.7. The molecule has 80 heavy (non-hydrogen) atoms. The number of halogens is 3. The number of rotatable bonds is 13. The number of esters is 1. The van der Waals surface area contributed by atoms with E-state index in [1.807, 2.05) is 37.3 Å². The van der Waals surface area contributed by atoms with E-state index in [0.717, 1.165) is 71.0 Å². The number of nitrogens with two attached hydrogens (primary N) is 1. The van der Waals surface area contributed by atoms with Crippen molar-refractivity contribution >= 4 is 132 Å². The van der Waals surface area contributed by atoms with Crippen LogP contribution in [0.15, 0.2) is 118 Å². The number of anilines is 3. The topological polar surface area (TPSA) is 281 Å². The zero-order valence-electron chi connectivity index (χ0n) is 43.5. The molecule has 1 atom stereocenters. The molecule has 4 aromatic heterocycles. The van der Waals surface area contributed by atoms with E-state index in [-0.39, 0.29) is 41.9 Å². The summed E-state index contributed by atoms with van der Waals surface area (Å²) < 4.78 is 78.0. The maximum atomic E-state index is 12.9. The molecular weight excluding hydrogens is 1210 g/mol. The Morgan fingerprint density at radius 2 is 1.11 bits per heavy atom. The third-order valence-corrected chi connectivity index (χ3v) is 19.8. The van der Waals surface area contributed by atoms with Crippen molar-refractivity contribution in [1.82, 2.24) is 29.8 Å². The number of aromatic nitrogens is 5. The maximum Gasteiger partial charge on any atom is 0.333 e. The molecule has 4 heterocycles. The molecule has 9 rings (SSSR count). The largest absolute Gasteiger partial charge is 0.461 e. The number of aryl methyl sites for hydroxylation is 3. The normalized spacial score (nSPS) is 13.1. The van der Waals surface area contributed by atoms with Gasteiger partial charge in [0.1, 0.15) is 18.5 Å². The summed E-state index contributed by atoms with van der Waals surface area (Å²) in [4.78, 5) is 57.0. The zero-order valence-corrected chi connectivity index (χ0v) is 50.7. The van der Waals surface area contributed by atoms with Crippen LogP contribution in [0.25, 0.3) is 31.3 Å². The highest BCUT2D eigenvalue weighted by Crippen LogP contribution is 2.38. The number of urea groups is 1. The number of hydrogen-bond donors (Lipinski definition) is 4. The lowest BCUT2D eigenvalue weighted by molar-refractivity contribution is -0.151. The molecule has 19 nitrogen and oxygen atoms in total. The Kier molecular flexibility index (Phi) is 20.0. The van der Waals surface area contributed by atoms with Crippen LogP contribution in [0, 0.1) is 20.8 Å². The number of thiazole rings is 3. The average Bonchev–Trinajstić information content (AvgIpc) is 4.28. The third-order valence-electron chi connectivity index (χ3n) is 11.8. The molecule has 8 aromatic rings. The van der Waals surface area contributed by atoms with Crippen LogP contribution >= 0.6 is 68.8 Å². The van der Waals surface area contributed by atoms with Gasteiger partial charge in [0.25, 0.3) is 0 Å². The Labute approximate surface area is 489 Å². The fraction of sp³-hybridized carbons (Fsp3) is 0.250. The predicted molar refractivity (Wildman–Crippen MR) is 317 cm³/mol. The number of imidazole rings is 1. The number of carbonyl (C=O) groups excluding carboxylic acids is 3. The minimum atomic E-state index is -3.52. The van der Waals surface area contributed by atoms with Gasteiger partial charge in [0, 0.05) is 37.6 Å². The summed E-state index contributed by atoms with van der Waals surface area (Å²) in [5.41, 5.74) is 10.6. The van der Waals surface area contributed by atoms with Gasteiger partial charge in [-0.15, -0.1) is 0 Å². The number of carbonyl (C=O) groups is 3. The number of ether oxygens (including phenoxy) is 1. The van der Waals surface area contributed by atoms with Gasteiger partial charge in [-0.05, 0) is 105 Å². The van der Waals surface area contributed by atoms with Crippen molar-refractivity contribution in [3.8, 4) is 31.3 Å². The molecule has 0 aliphatic heterocycles. The second-order valence-corrected chi connectivity index (χ2v) is 28.4. The summed E-state index contributed by atoms with van der Waals surface area (Å²) in [6.45, 7) is 5.38. The Morgan fingerprint density at radius 1 is 0.662 bits per heavy atom. The van der Waals surface area contributed by atoms with Gasteiger partial charge < -0.3 is 15.8 Å². The molecule has 5 N–H and O–H groups in total. The van der Waals surface area contributed by atoms with E-state index in [4.69, 9.17) is 45.3 Å². The molecule has 0 radical (unpaired) electrons. The highest BCUT2D eigenvalue weighted by molar-refractivity contribution is 7.91. The van der Waals surface area contributed by atoms with Crippen molar-refractivity contribution in [1.29, 1.82) is 0 Å². The molecule has 28 heteroatoms. The van der Waals surface area contributed by atoms with E-state index in [2.05, 4.69) is 35.9 Å². The number of nitrogens with zero attached hydrogens (tertiary/aromatic N) is 5. The number of nitrogens with one attached hydrogen (secondary N) is 3. The predicted octanol–water partition coefficient (Wildman–Crippen LogP) is 11.6. The summed E-state index contributed by atoms with van der Waals surface area (Å²) in [5.74, 6) is -0.462. The van der Waals surface area contributed by atoms with Crippen LogP contribution < -0.4 is 21.7 Å². The smallest absolute Gasteiger partial charge is 0.333 e. The Balaban J connectivity index is 0.000000186. The van der Waals surface area contributed by atoms with Crippen molar-refractivity contribution in [2.75, 3.05) is 35.1 Å². The van der Waals surface area contributed by atoms with E-state index in [1.165, 1.54) is 81.6 Å². The molecule has 0 bridgehead atoms. The SMILES string of the molecule is Cc1nc(N)sc1-c1ccc(Cl)c(S(C)(=O)=O)c1.Cc1nc(NC(=O)N[C@@H](Cc2ccccc2)C(=O)OC2CCCC2)sc1-c1ccc(Cl)c(S(C)(=O)=O)c1.Cc1nc(NC(=O)n2ccnc2)sc1-c1ccc(Cl)c(S(C)(=O)=O)c1. The molecule has 1 saturated carbocycles. The van der Waals surface area contributed by atoms with E-state index < -0.39 is 47.6 Å². The average molecular weight is 1260 g/mol. The number of sulfone groups is 3. The summed E-state index contributed by atoms with van der Waals surface area (Å²) in [7, 11) is -10.3. The minimum Gasteiger partial charge on any atom is -0.461 e. The van der Waals surface area contributed by atoms with Gasteiger partial charge in [-0.2, -0.15) is 0 Å². The minimum absolute atomic E-state index is 0.0243. The molecule has 0 spiro atoms.